The number of benzene rings is 3. The maximum absolute atomic E-state index is 12.8. The summed E-state index contributed by atoms with van der Waals surface area (Å²) in [5.41, 5.74) is 1.38. The van der Waals surface area contributed by atoms with Gasteiger partial charge in [-0.2, -0.15) is 0 Å². The number of carbonyl (C=O) groups excluding carboxylic acids is 1. The number of halogens is 1. The largest absolute Gasteiger partial charge is 0.496 e. The lowest BCUT2D eigenvalue weighted by Gasteiger charge is -2.12. The minimum Gasteiger partial charge on any atom is -0.496 e. The normalized spacial score (nSPS) is 10.9. The average Bonchev–Trinajstić information content (AvgIpc) is 2.64. The van der Waals surface area contributed by atoms with E-state index in [-0.39, 0.29) is 14.1 Å². The van der Waals surface area contributed by atoms with Crippen LogP contribution in [0.2, 0.25) is 5.02 Å². The van der Waals surface area contributed by atoms with E-state index in [0.29, 0.717) is 16.3 Å². The summed E-state index contributed by atoms with van der Waals surface area (Å²) in [6.45, 7) is 1.97. The number of rotatable bonds is 6. The van der Waals surface area contributed by atoms with Crippen LogP contribution in [0.5, 0.6) is 17.2 Å². The molecule has 0 aliphatic carbocycles. The van der Waals surface area contributed by atoms with Crippen molar-refractivity contribution in [2.24, 2.45) is 0 Å². The fourth-order valence-electron chi connectivity index (χ4n) is 2.54. The molecule has 0 bridgehead atoms. The van der Waals surface area contributed by atoms with E-state index in [0.717, 1.165) is 22.4 Å². The highest BCUT2D eigenvalue weighted by Crippen LogP contribution is 2.33. The Kier molecular flexibility index (Phi) is 5.92. The summed E-state index contributed by atoms with van der Waals surface area (Å²) in [5, 5.41) is 1.36. The highest BCUT2D eigenvalue weighted by molar-refractivity contribution is 7.66. The lowest BCUT2D eigenvalue weighted by molar-refractivity contribution is 0.108. The molecule has 0 N–H and O–H groups in total. The third kappa shape index (κ3) is 4.24. The van der Waals surface area contributed by atoms with Crippen LogP contribution < -0.4 is 14.8 Å². The molecule has 0 aliphatic rings. The SMILES string of the molecule is COc1cccc(Cl)c1C(=O)Pc1ccc(Oc2ccccc2)cc1C. The molecule has 0 saturated heterocycles. The number of ether oxygens (including phenoxy) is 2. The van der Waals surface area contributed by atoms with Crippen LogP contribution >= 0.6 is 20.2 Å². The quantitative estimate of drug-likeness (QED) is 0.519. The lowest BCUT2D eigenvalue weighted by Crippen LogP contribution is -2.06. The zero-order valence-electron chi connectivity index (χ0n) is 14.5. The Morgan fingerprint density at radius 2 is 1.73 bits per heavy atom. The summed E-state index contributed by atoms with van der Waals surface area (Å²) >= 11 is 6.21. The zero-order valence-corrected chi connectivity index (χ0v) is 16.2. The second-order valence-electron chi connectivity index (χ2n) is 5.66. The minimum atomic E-state index is -0.0488. The molecular formula is C21H18ClO3P. The highest BCUT2D eigenvalue weighted by Gasteiger charge is 2.17. The molecule has 0 saturated carbocycles. The highest BCUT2D eigenvalue weighted by atomic mass is 35.5. The van der Waals surface area contributed by atoms with Crippen molar-refractivity contribution in [1.29, 1.82) is 0 Å². The maximum Gasteiger partial charge on any atom is 0.190 e. The second-order valence-corrected chi connectivity index (χ2v) is 7.31. The van der Waals surface area contributed by atoms with Crippen LogP contribution in [-0.2, 0) is 0 Å². The molecule has 0 amide bonds. The number of methoxy groups -OCH3 is 1. The number of aryl methyl sites for hydroxylation is 1. The fourth-order valence-corrected chi connectivity index (χ4v) is 3.94. The molecule has 5 heteroatoms. The van der Waals surface area contributed by atoms with Crippen LogP contribution in [0, 0.1) is 6.92 Å². The van der Waals surface area contributed by atoms with Gasteiger partial charge < -0.3 is 9.47 Å². The van der Waals surface area contributed by atoms with Crippen molar-refractivity contribution in [2.75, 3.05) is 7.11 Å². The molecule has 132 valence electrons. The van der Waals surface area contributed by atoms with E-state index in [9.17, 15) is 4.79 Å². The third-order valence-electron chi connectivity index (χ3n) is 3.85. The van der Waals surface area contributed by atoms with Gasteiger partial charge in [-0.1, -0.05) is 41.9 Å². The van der Waals surface area contributed by atoms with Crippen LogP contribution in [0.3, 0.4) is 0 Å². The van der Waals surface area contributed by atoms with Crippen molar-refractivity contribution in [3.8, 4) is 17.2 Å². The Morgan fingerprint density at radius 1 is 0.962 bits per heavy atom. The van der Waals surface area contributed by atoms with E-state index in [2.05, 4.69) is 0 Å². The van der Waals surface area contributed by atoms with Gasteiger partial charge in [0.1, 0.15) is 17.2 Å². The summed E-state index contributed by atoms with van der Waals surface area (Å²) in [6.07, 6.45) is 0. The topological polar surface area (TPSA) is 35.5 Å². The van der Waals surface area contributed by atoms with E-state index in [1.165, 1.54) is 7.11 Å². The molecular weight excluding hydrogens is 367 g/mol. The molecule has 0 aromatic heterocycles. The van der Waals surface area contributed by atoms with Crippen molar-refractivity contribution in [2.45, 2.75) is 6.92 Å². The Morgan fingerprint density at radius 3 is 2.42 bits per heavy atom. The minimum absolute atomic E-state index is 0.0443. The Bertz CT molecular complexity index is 926. The standard InChI is InChI=1S/C21H18ClO3P/c1-14-13-16(25-15-7-4-3-5-8-15)11-12-19(14)26-21(23)20-17(22)9-6-10-18(20)24-2/h3-13,26H,1-2H3. The van der Waals surface area contributed by atoms with Gasteiger partial charge in [0.05, 0.1) is 17.7 Å². The second kappa shape index (κ2) is 8.35. The molecule has 3 aromatic rings. The zero-order chi connectivity index (χ0) is 18.5. The number of hydrogen-bond donors (Lipinski definition) is 0. The van der Waals surface area contributed by atoms with Crippen LogP contribution in [-0.4, -0.2) is 12.6 Å². The number of carbonyl (C=O) groups is 1. The molecule has 3 rings (SSSR count). The van der Waals surface area contributed by atoms with Gasteiger partial charge in [-0.15, -0.1) is 0 Å². The summed E-state index contributed by atoms with van der Waals surface area (Å²) in [6, 6.07) is 20.5. The smallest absolute Gasteiger partial charge is 0.190 e. The van der Waals surface area contributed by atoms with E-state index in [1.807, 2.05) is 55.5 Å². The average molecular weight is 385 g/mol. The van der Waals surface area contributed by atoms with E-state index in [1.54, 1.807) is 18.2 Å². The van der Waals surface area contributed by atoms with Crippen molar-refractivity contribution >= 4 is 31.0 Å². The Hall–Kier alpha value is -2.35. The molecule has 1 atom stereocenters. The van der Waals surface area contributed by atoms with Crippen LogP contribution in [0.15, 0.2) is 66.7 Å². The third-order valence-corrected chi connectivity index (χ3v) is 5.47. The molecule has 1 unspecified atom stereocenters. The van der Waals surface area contributed by atoms with Gasteiger partial charge in [-0.3, -0.25) is 4.79 Å². The van der Waals surface area contributed by atoms with E-state index >= 15 is 0 Å². The van der Waals surface area contributed by atoms with Crippen molar-refractivity contribution in [3.63, 3.8) is 0 Å². The molecule has 3 nitrogen and oxygen atoms in total. The first-order valence-corrected chi connectivity index (χ1v) is 9.43. The predicted octanol–water partition coefficient (Wildman–Crippen LogP) is 5.59. The maximum atomic E-state index is 12.8. The number of hydrogen-bond acceptors (Lipinski definition) is 3. The van der Waals surface area contributed by atoms with E-state index in [4.69, 9.17) is 21.1 Å². The molecule has 0 fully saturated rings. The van der Waals surface area contributed by atoms with Gasteiger partial charge in [0, 0.05) is 0 Å². The number of para-hydroxylation sites is 1. The Balaban J connectivity index is 1.79. The van der Waals surface area contributed by atoms with Gasteiger partial charge in [0.2, 0.25) is 0 Å². The monoisotopic (exact) mass is 384 g/mol. The van der Waals surface area contributed by atoms with Crippen LogP contribution in [0.1, 0.15) is 15.9 Å². The molecule has 26 heavy (non-hydrogen) atoms. The first-order chi connectivity index (χ1) is 12.6. The summed E-state index contributed by atoms with van der Waals surface area (Å²) in [4.78, 5) is 12.8. The van der Waals surface area contributed by atoms with Crippen LogP contribution in [0.4, 0.5) is 0 Å². The predicted molar refractivity (Wildman–Crippen MR) is 108 cm³/mol. The Labute approximate surface area is 159 Å². The van der Waals surface area contributed by atoms with Gasteiger partial charge in [-0.25, -0.2) is 0 Å². The summed E-state index contributed by atoms with van der Waals surface area (Å²) in [5.74, 6) is 2.01. The van der Waals surface area contributed by atoms with Gasteiger partial charge in [0.25, 0.3) is 0 Å². The van der Waals surface area contributed by atoms with Gasteiger partial charge in [0.15, 0.2) is 5.52 Å². The van der Waals surface area contributed by atoms with Crippen molar-refractivity contribution in [1.82, 2.24) is 0 Å². The first kappa shape index (κ1) is 18.4. The van der Waals surface area contributed by atoms with Gasteiger partial charge >= 0.3 is 0 Å². The van der Waals surface area contributed by atoms with Crippen LogP contribution in [0.25, 0.3) is 0 Å². The summed E-state index contributed by atoms with van der Waals surface area (Å²) < 4.78 is 11.1. The summed E-state index contributed by atoms with van der Waals surface area (Å²) in [7, 11) is 1.49. The lowest BCUT2D eigenvalue weighted by atomic mass is 10.2. The molecule has 0 heterocycles. The first-order valence-electron chi connectivity index (χ1n) is 8.06. The van der Waals surface area contributed by atoms with Crippen molar-refractivity contribution < 1.29 is 14.3 Å². The molecule has 0 radical (unpaired) electrons. The fraction of sp³-hybridized carbons (Fsp3) is 0.0952. The molecule has 0 aliphatic heterocycles. The van der Waals surface area contributed by atoms with E-state index < -0.39 is 0 Å². The molecule has 0 spiro atoms. The van der Waals surface area contributed by atoms with Crippen molar-refractivity contribution in [3.05, 3.63) is 82.9 Å². The van der Waals surface area contributed by atoms with Gasteiger partial charge in [-0.05, 0) is 62.8 Å². The molecule has 3 aromatic carbocycles.